The van der Waals surface area contributed by atoms with Crippen LogP contribution in [0.3, 0.4) is 0 Å². The van der Waals surface area contributed by atoms with Crippen molar-refractivity contribution < 1.29 is 17.9 Å². The fourth-order valence-electron chi connectivity index (χ4n) is 5.41. The van der Waals surface area contributed by atoms with Gasteiger partial charge in [-0.2, -0.15) is 0 Å². The summed E-state index contributed by atoms with van der Waals surface area (Å²) >= 11 is 1.48. The van der Waals surface area contributed by atoms with E-state index in [1.54, 1.807) is 44.2 Å². The molecule has 2 heterocycles. The van der Waals surface area contributed by atoms with Crippen molar-refractivity contribution in [1.82, 2.24) is 9.97 Å². The summed E-state index contributed by atoms with van der Waals surface area (Å²) in [5.74, 6) is 0.179. The first-order chi connectivity index (χ1) is 20.3. The van der Waals surface area contributed by atoms with Crippen LogP contribution in [0, 0.1) is 6.92 Å². The molecule has 0 fully saturated rings. The number of rotatable bonds is 8. The number of carbonyl (C=O) groups is 1. The first kappa shape index (κ1) is 27.9. The van der Waals surface area contributed by atoms with Crippen molar-refractivity contribution in [3.8, 4) is 0 Å². The fourth-order valence-corrected chi connectivity index (χ4v) is 7.98. The molecule has 2 aromatic heterocycles. The van der Waals surface area contributed by atoms with Crippen molar-refractivity contribution in [1.29, 1.82) is 0 Å². The molecule has 1 aliphatic carbocycles. The maximum Gasteiger partial charge on any atom is 0.341 e. The zero-order valence-corrected chi connectivity index (χ0v) is 24.9. The Balaban J connectivity index is 1.42. The van der Waals surface area contributed by atoms with E-state index in [-0.39, 0.29) is 23.1 Å². The van der Waals surface area contributed by atoms with E-state index in [2.05, 4.69) is 27.2 Å². The fraction of sp³-hybridized carbons (Fsp3) is 0.219. The van der Waals surface area contributed by atoms with Crippen molar-refractivity contribution in [2.75, 3.05) is 16.6 Å². The van der Waals surface area contributed by atoms with E-state index in [9.17, 15) is 13.2 Å². The van der Waals surface area contributed by atoms with Crippen molar-refractivity contribution >= 4 is 55.0 Å². The van der Waals surface area contributed by atoms with Crippen LogP contribution in [0.15, 0.2) is 83.8 Å². The Kier molecular flexibility index (Phi) is 7.66. The smallest absolute Gasteiger partial charge is 0.341 e. The lowest BCUT2D eigenvalue weighted by Gasteiger charge is -2.23. The van der Waals surface area contributed by atoms with Gasteiger partial charge in [0, 0.05) is 4.88 Å². The zero-order chi connectivity index (χ0) is 29.3. The van der Waals surface area contributed by atoms with Crippen LogP contribution in [-0.4, -0.2) is 31.0 Å². The highest BCUT2D eigenvalue weighted by atomic mass is 32.2. The molecule has 0 bridgehead atoms. The van der Waals surface area contributed by atoms with Crippen molar-refractivity contribution in [3.63, 3.8) is 0 Å². The highest BCUT2D eigenvalue weighted by Gasteiger charge is 2.31. The number of benzene rings is 3. The van der Waals surface area contributed by atoms with Crippen LogP contribution in [0.1, 0.15) is 51.2 Å². The van der Waals surface area contributed by atoms with Gasteiger partial charge >= 0.3 is 5.97 Å². The van der Waals surface area contributed by atoms with Crippen LogP contribution >= 0.6 is 11.3 Å². The molecule has 0 radical (unpaired) electrons. The number of hydrogen-bond donors (Lipinski definition) is 2. The summed E-state index contributed by atoms with van der Waals surface area (Å²) < 4.78 is 35.1. The number of esters is 1. The second-order valence-corrected chi connectivity index (χ2v) is 12.9. The molecule has 42 heavy (non-hydrogen) atoms. The minimum Gasteiger partial charge on any atom is -0.462 e. The van der Waals surface area contributed by atoms with Gasteiger partial charge in [0.1, 0.15) is 5.00 Å². The monoisotopic (exact) mass is 598 g/mol. The number of carbonyl (C=O) groups excluding carboxylic acids is 1. The molecule has 0 saturated carbocycles. The van der Waals surface area contributed by atoms with E-state index < -0.39 is 16.0 Å². The van der Waals surface area contributed by atoms with Crippen LogP contribution in [0.25, 0.3) is 11.0 Å². The molecule has 8 nitrogen and oxygen atoms in total. The average Bonchev–Trinajstić information content (AvgIpc) is 3.35. The van der Waals surface area contributed by atoms with E-state index in [4.69, 9.17) is 9.72 Å². The van der Waals surface area contributed by atoms with Crippen LogP contribution in [0.4, 0.5) is 16.6 Å². The van der Waals surface area contributed by atoms with Crippen molar-refractivity contribution in [2.24, 2.45) is 0 Å². The highest BCUT2D eigenvalue weighted by Crippen LogP contribution is 2.44. The normalized spacial score (nSPS) is 14.8. The maximum absolute atomic E-state index is 13.5. The summed E-state index contributed by atoms with van der Waals surface area (Å²) in [5, 5.41) is 3.85. The van der Waals surface area contributed by atoms with E-state index >= 15 is 0 Å². The Hall–Kier alpha value is -4.28. The third kappa shape index (κ3) is 5.47. The summed E-state index contributed by atoms with van der Waals surface area (Å²) in [6.45, 7) is 3.76. The molecule has 0 amide bonds. The lowest BCUT2D eigenvalue weighted by Crippen LogP contribution is -2.17. The SMILES string of the molecule is CCOC(=O)c1c(Nc2nc3ccccc3nc2NS(=O)(=O)c2ccccc2C)sc2c1CCC(c1ccccc1)C2. The van der Waals surface area contributed by atoms with Gasteiger partial charge in [-0.25, -0.2) is 23.2 Å². The average molecular weight is 599 g/mol. The second kappa shape index (κ2) is 11.5. The number of aryl methyl sites for hydroxylation is 1. The van der Waals surface area contributed by atoms with Crippen LogP contribution < -0.4 is 10.0 Å². The van der Waals surface area contributed by atoms with Gasteiger partial charge in [-0.1, -0.05) is 60.7 Å². The number of ether oxygens (including phenoxy) is 1. The van der Waals surface area contributed by atoms with Crippen LogP contribution in [-0.2, 0) is 27.6 Å². The summed E-state index contributed by atoms with van der Waals surface area (Å²) in [5.41, 5.74) is 4.46. The zero-order valence-electron chi connectivity index (χ0n) is 23.3. The molecule has 5 aromatic rings. The predicted molar refractivity (Wildman–Crippen MR) is 166 cm³/mol. The maximum atomic E-state index is 13.5. The summed E-state index contributed by atoms with van der Waals surface area (Å²) in [6.07, 6.45) is 2.45. The first-order valence-corrected chi connectivity index (χ1v) is 16.1. The van der Waals surface area contributed by atoms with E-state index in [1.807, 2.05) is 36.4 Å². The number of aromatic nitrogens is 2. The molecular weight excluding hydrogens is 569 g/mol. The van der Waals surface area contributed by atoms with E-state index in [1.165, 1.54) is 16.9 Å². The molecule has 2 N–H and O–H groups in total. The number of para-hydroxylation sites is 2. The Morgan fingerprint density at radius 1 is 0.952 bits per heavy atom. The number of nitrogens with one attached hydrogen (secondary N) is 2. The number of fused-ring (bicyclic) bond motifs is 2. The Morgan fingerprint density at radius 2 is 1.62 bits per heavy atom. The molecule has 214 valence electrons. The topological polar surface area (TPSA) is 110 Å². The van der Waals surface area contributed by atoms with Gasteiger partial charge < -0.3 is 10.1 Å². The Morgan fingerprint density at radius 3 is 2.33 bits per heavy atom. The Labute approximate surface area is 248 Å². The van der Waals surface area contributed by atoms with Crippen molar-refractivity contribution in [3.05, 3.63) is 106 Å². The van der Waals surface area contributed by atoms with Gasteiger partial charge in [-0.05, 0) is 73.9 Å². The highest BCUT2D eigenvalue weighted by molar-refractivity contribution is 7.92. The van der Waals surface area contributed by atoms with E-state index in [0.29, 0.717) is 33.1 Å². The quantitative estimate of drug-likeness (QED) is 0.185. The molecule has 0 aliphatic heterocycles. The van der Waals surface area contributed by atoms with Crippen LogP contribution in [0.5, 0.6) is 0 Å². The molecular formula is C32H30N4O4S2. The summed E-state index contributed by atoms with van der Waals surface area (Å²) in [4.78, 5) is 23.9. The second-order valence-electron chi connectivity index (χ2n) is 10.2. The van der Waals surface area contributed by atoms with Gasteiger partial charge in [-0.15, -0.1) is 11.3 Å². The molecule has 3 aromatic carbocycles. The third-order valence-electron chi connectivity index (χ3n) is 7.43. The molecule has 10 heteroatoms. The van der Waals surface area contributed by atoms with Gasteiger partial charge in [0.05, 0.1) is 28.1 Å². The number of hydrogen-bond acceptors (Lipinski definition) is 8. The molecule has 0 spiro atoms. The number of thiophene rings is 1. The Bertz CT molecular complexity index is 1890. The predicted octanol–water partition coefficient (Wildman–Crippen LogP) is 6.99. The van der Waals surface area contributed by atoms with Gasteiger partial charge in [0.15, 0.2) is 11.6 Å². The summed E-state index contributed by atoms with van der Waals surface area (Å²) in [6, 6.07) is 24.4. The number of nitrogens with zero attached hydrogens (tertiary/aromatic N) is 2. The first-order valence-electron chi connectivity index (χ1n) is 13.8. The number of anilines is 3. The van der Waals surface area contributed by atoms with Gasteiger partial charge in [0.2, 0.25) is 0 Å². The lowest BCUT2D eigenvalue weighted by molar-refractivity contribution is 0.0526. The van der Waals surface area contributed by atoms with Crippen molar-refractivity contribution in [2.45, 2.75) is 43.9 Å². The molecule has 6 rings (SSSR count). The minimum atomic E-state index is -3.98. The number of sulfonamides is 1. The lowest BCUT2D eigenvalue weighted by atomic mass is 9.83. The van der Waals surface area contributed by atoms with E-state index in [0.717, 1.165) is 29.7 Å². The summed E-state index contributed by atoms with van der Waals surface area (Å²) in [7, 11) is -3.98. The van der Waals surface area contributed by atoms with Gasteiger partial charge in [0.25, 0.3) is 10.0 Å². The standard InChI is InChI=1S/C32H30N4O4S2/c1-3-40-32(37)28-23-18-17-22(21-12-5-4-6-13-21)19-26(23)41-31(28)35-29-30(34-25-15-9-8-14-24(25)33-29)36-42(38,39)27-16-10-7-11-20(27)2/h4-16,22H,3,17-19H2,1-2H3,(H,33,35)(H,34,36). The molecule has 1 atom stereocenters. The molecule has 0 saturated heterocycles. The largest absolute Gasteiger partial charge is 0.462 e. The molecule has 1 aliphatic rings. The van der Waals surface area contributed by atoms with Crippen LogP contribution in [0.2, 0.25) is 0 Å². The minimum absolute atomic E-state index is 0.0419. The van der Waals surface area contributed by atoms with Gasteiger partial charge in [-0.3, -0.25) is 4.72 Å². The third-order valence-corrected chi connectivity index (χ3v) is 10.1. The molecule has 1 unspecified atom stereocenters.